The fraction of sp³-hybridized carbons (Fsp3) is 0. The number of rotatable bonds is 2. The number of anilines is 3. The van der Waals surface area contributed by atoms with Crippen molar-refractivity contribution in [2.24, 2.45) is 0 Å². The average Bonchev–Trinajstić information content (AvgIpc) is 2.72. The highest BCUT2D eigenvalue weighted by Gasteiger charge is 2.25. The predicted molar refractivity (Wildman–Crippen MR) is 114 cm³/mol. The van der Waals surface area contributed by atoms with Crippen LogP contribution in [0.3, 0.4) is 0 Å². The molecular formula is C24H16BrNO. The SMILES string of the molecule is Brc1ccc2c(c1)Oc1ccccc1N2c1cccc(-c2ccccc2)c1. The largest absolute Gasteiger partial charge is 0.453 e. The van der Waals surface area contributed by atoms with Crippen molar-refractivity contribution in [3.63, 3.8) is 0 Å². The lowest BCUT2D eigenvalue weighted by atomic mass is 10.0. The average molecular weight is 414 g/mol. The van der Waals surface area contributed by atoms with Gasteiger partial charge in [0.2, 0.25) is 0 Å². The van der Waals surface area contributed by atoms with Gasteiger partial charge in [-0.25, -0.2) is 0 Å². The molecule has 4 aromatic rings. The lowest BCUT2D eigenvalue weighted by molar-refractivity contribution is 0.476. The van der Waals surface area contributed by atoms with E-state index in [1.54, 1.807) is 0 Å². The summed E-state index contributed by atoms with van der Waals surface area (Å²) in [6.45, 7) is 0. The van der Waals surface area contributed by atoms with Gasteiger partial charge in [-0.15, -0.1) is 0 Å². The minimum atomic E-state index is 0.841. The molecule has 2 nitrogen and oxygen atoms in total. The fourth-order valence-electron chi connectivity index (χ4n) is 3.46. The summed E-state index contributed by atoms with van der Waals surface area (Å²) < 4.78 is 7.15. The maximum Gasteiger partial charge on any atom is 0.152 e. The topological polar surface area (TPSA) is 12.5 Å². The maximum atomic E-state index is 6.15. The van der Waals surface area contributed by atoms with E-state index in [9.17, 15) is 0 Å². The number of fused-ring (bicyclic) bond motifs is 2. The van der Waals surface area contributed by atoms with Crippen LogP contribution in [0.2, 0.25) is 0 Å². The Hall–Kier alpha value is -3.04. The zero-order valence-corrected chi connectivity index (χ0v) is 16.1. The zero-order chi connectivity index (χ0) is 18.2. The van der Waals surface area contributed by atoms with E-state index in [2.05, 4.69) is 81.5 Å². The summed E-state index contributed by atoms with van der Waals surface area (Å²) in [7, 11) is 0. The highest BCUT2D eigenvalue weighted by Crippen LogP contribution is 2.51. The van der Waals surface area contributed by atoms with E-state index in [4.69, 9.17) is 4.74 Å². The van der Waals surface area contributed by atoms with Gasteiger partial charge in [-0.2, -0.15) is 0 Å². The summed E-state index contributed by atoms with van der Waals surface area (Å²) in [5.74, 6) is 1.70. The minimum absolute atomic E-state index is 0.841. The molecule has 0 radical (unpaired) electrons. The molecule has 0 atom stereocenters. The summed E-state index contributed by atoms with van der Waals surface area (Å²) in [6.07, 6.45) is 0. The number of ether oxygens (including phenoxy) is 1. The molecule has 0 aliphatic carbocycles. The third kappa shape index (κ3) is 2.90. The van der Waals surface area contributed by atoms with Crippen LogP contribution in [0.4, 0.5) is 17.1 Å². The van der Waals surface area contributed by atoms with Crippen molar-refractivity contribution in [1.82, 2.24) is 0 Å². The van der Waals surface area contributed by atoms with Crippen molar-refractivity contribution >= 4 is 33.0 Å². The van der Waals surface area contributed by atoms with Crippen molar-refractivity contribution in [1.29, 1.82) is 0 Å². The second kappa shape index (κ2) is 6.60. The quantitative estimate of drug-likeness (QED) is 0.294. The Balaban J connectivity index is 1.70. The van der Waals surface area contributed by atoms with E-state index < -0.39 is 0 Å². The molecule has 0 aromatic heterocycles. The Bertz CT molecular complexity index is 1120. The highest BCUT2D eigenvalue weighted by molar-refractivity contribution is 9.10. The first-order valence-corrected chi connectivity index (χ1v) is 9.61. The normalized spacial score (nSPS) is 12.1. The molecule has 1 heterocycles. The van der Waals surface area contributed by atoms with Gasteiger partial charge in [0.1, 0.15) is 0 Å². The van der Waals surface area contributed by atoms with Crippen LogP contribution >= 0.6 is 15.9 Å². The second-order valence-corrected chi connectivity index (χ2v) is 7.35. The van der Waals surface area contributed by atoms with Crippen LogP contribution in [0.1, 0.15) is 0 Å². The predicted octanol–water partition coefficient (Wildman–Crippen LogP) is 7.69. The van der Waals surface area contributed by atoms with Crippen LogP contribution in [0, 0.1) is 0 Å². The van der Waals surface area contributed by atoms with Crippen LogP contribution < -0.4 is 9.64 Å². The third-order valence-corrected chi connectivity index (χ3v) is 5.19. The molecule has 1 aliphatic heterocycles. The van der Waals surface area contributed by atoms with Crippen molar-refractivity contribution in [3.05, 3.63) is 102 Å². The van der Waals surface area contributed by atoms with Crippen molar-refractivity contribution in [2.45, 2.75) is 0 Å². The molecule has 0 saturated heterocycles. The number of para-hydroxylation sites is 2. The van der Waals surface area contributed by atoms with Gasteiger partial charge < -0.3 is 9.64 Å². The fourth-order valence-corrected chi connectivity index (χ4v) is 3.80. The van der Waals surface area contributed by atoms with Crippen LogP contribution in [0.15, 0.2) is 102 Å². The lowest BCUT2D eigenvalue weighted by Crippen LogP contribution is -2.15. The number of benzene rings is 4. The Morgan fingerprint density at radius 3 is 2.22 bits per heavy atom. The molecule has 0 N–H and O–H groups in total. The Kier molecular flexibility index (Phi) is 3.95. The van der Waals surface area contributed by atoms with Gasteiger partial charge in [0.15, 0.2) is 11.5 Å². The molecule has 0 saturated carbocycles. The van der Waals surface area contributed by atoms with E-state index in [1.807, 2.05) is 36.4 Å². The lowest BCUT2D eigenvalue weighted by Gasteiger charge is -2.33. The van der Waals surface area contributed by atoms with Crippen LogP contribution in [0.25, 0.3) is 11.1 Å². The van der Waals surface area contributed by atoms with E-state index in [0.29, 0.717) is 0 Å². The molecule has 27 heavy (non-hydrogen) atoms. The van der Waals surface area contributed by atoms with Crippen molar-refractivity contribution in [3.8, 4) is 22.6 Å². The summed E-state index contributed by atoms with van der Waals surface area (Å²) in [4.78, 5) is 2.26. The van der Waals surface area contributed by atoms with Gasteiger partial charge in [0.05, 0.1) is 11.4 Å². The molecule has 5 rings (SSSR count). The maximum absolute atomic E-state index is 6.15. The van der Waals surface area contributed by atoms with Crippen LogP contribution in [-0.4, -0.2) is 0 Å². The third-order valence-electron chi connectivity index (χ3n) is 4.70. The molecular weight excluding hydrogens is 398 g/mol. The first kappa shape index (κ1) is 16.2. The van der Waals surface area contributed by atoms with Gasteiger partial charge >= 0.3 is 0 Å². The summed E-state index contributed by atoms with van der Waals surface area (Å²) in [5.41, 5.74) is 5.57. The van der Waals surface area contributed by atoms with Crippen LogP contribution in [0.5, 0.6) is 11.5 Å². The first-order chi connectivity index (χ1) is 13.3. The summed E-state index contributed by atoms with van der Waals surface area (Å²) in [5, 5.41) is 0. The number of nitrogens with zero attached hydrogens (tertiary/aromatic N) is 1. The molecule has 0 fully saturated rings. The molecule has 1 aliphatic rings. The van der Waals surface area contributed by atoms with E-state index in [1.165, 1.54) is 11.1 Å². The van der Waals surface area contributed by atoms with Gasteiger partial charge in [0.25, 0.3) is 0 Å². The first-order valence-electron chi connectivity index (χ1n) is 8.82. The van der Waals surface area contributed by atoms with Gasteiger partial charge in [-0.1, -0.05) is 70.5 Å². The molecule has 0 amide bonds. The standard InChI is InChI=1S/C24H16BrNO/c25-19-13-14-22-24(16-19)27-23-12-5-4-11-21(23)26(22)20-10-6-9-18(15-20)17-7-2-1-3-8-17/h1-16H. The minimum Gasteiger partial charge on any atom is -0.453 e. The highest BCUT2D eigenvalue weighted by atomic mass is 79.9. The van der Waals surface area contributed by atoms with Gasteiger partial charge in [-0.05, 0) is 53.6 Å². The molecule has 3 heteroatoms. The monoisotopic (exact) mass is 413 g/mol. The number of hydrogen-bond acceptors (Lipinski definition) is 2. The van der Waals surface area contributed by atoms with E-state index >= 15 is 0 Å². The van der Waals surface area contributed by atoms with Crippen LogP contribution in [-0.2, 0) is 0 Å². The number of hydrogen-bond donors (Lipinski definition) is 0. The zero-order valence-electron chi connectivity index (χ0n) is 14.5. The van der Waals surface area contributed by atoms with E-state index in [-0.39, 0.29) is 0 Å². The van der Waals surface area contributed by atoms with Crippen molar-refractivity contribution < 1.29 is 4.74 Å². The Morgan fingerprint density at radius 2 is 1.33 bits per heavy atom. The van der Waals surface area contributed by atoms with E-state index in [0.717, 1.165) is 33.0 Å². The molecule has 0 unspecified atom stereocenters. The van der Waals surface area contributed by atoms with Gasteiger partial charge in [0, 0.05) is 10.2 Å². The molecule has 0 bridgehead atoms. The van der Waals surface area contributed by atoms with Crippen molar-refractivity contribution in [2.75, 3.05) is 4.90 Å². The van der Waals surface area contributed by atoms with Gasteiger partial charge in [-0.3, -0.25) is 0 Å². The molecule has 4 aromatic carbocycles. The molecule has 0 spiro atoms. The summed E-state index contributed by atoms with van der Waals surface area (Å²) in [6, 6.07) is 33.4. The second-order valence-electron chi connectivity index (χ2n) is 6.43. The molecule has 130 valence electrons. The smallest absolute Gasteiger partial charge is 0.152 e. The summed E-state index contributed by atoms with van der Waals surface area (Å²) >= 11 is 3.55. The number of halogens is 1. The Labute approximate surface area is 166 Å². The Morgan fingerprint density at radius 1 is 0.593 bits per heavy atom.